The van der Waals surface area contributed by atoms with E-state index in [0.717, 1.165) is 18.9 Å². The second kappa shape index (κ2) is 6.35. The third-order valence-corrected chi connectivity index (χ3v) is 2.44. The SMILES string of the molecule is C=CCCC(Cc1ccc(F)cc1F)NN. The molecule has 0 bridgehead atoms. The van der Waals surface area contributed by atoms with Crippen LogP contribution in [0, 0.1) is 11.6 Å². The predicted octanol–water partition coefficient (Wildman–Crippen LogP) is 2.31. The molecular weight excluding hydrogens is 210 g/mol. The van der Waals surface area contributed by atoms with E-state index in [4.69, 9.17) is 5.84 Å². The lowest BCUT2D eigenvalue weighted by atomic mass is 10.0. The molecule has 0 radical (unpaired) electrons. The number of hydrogen-bond acceptors (Lipinski definition) is 2. The summed E-state index contributed by atoms with van der Waals surface area (Å²) in [6.07, 6.45) is 3.80. The zero-order valence-corrected chi connectivity index (χ0v) is 9.05. The van der Waals surface area contributed by atoms with Crippen LogP contribution in [-0.2, 0) is 6.42 Å². The Morgan fingerprint density at radius 1 is 1.44 bits per heavy atom. The fourth-order valence-corrected chi connectivity index (χ4v) is 1.52. The zero-order chi connectivity index (χ0) is 12.0. The molecule has 1 unspecified atom stereocenters. The molecule has 1 atom stereocenters. The fraction of sp³-hybridized carbons (Fsp3) is 0.333. The molecule has 3 N–H and O–H groups in total. The van der Waals surface area contributed by atoms with Crippen LogP contribution in [0.5, 0.6) is 0 Å². The summed E-state index contributed by atoms with van der Waals surface area (Å²) >= 11 is 0. The van der Waals surface area contributed by atoms with Crippen LogP contribution in [0.25, 0.3) is 0 Å². The molecule has 2 nitrogen and oxygen atoms in total. The Kier molecular flexibility index (Phi) is 5.08. The number of halogens is 2. The first-order chi connectivity index (χ1) is 7.67. The van der Waals surface area contributed by atoms with Gasteiger partial charge in [-0.3, -0.25) is 11.3 Å². The van der Waals surface area contributed by atoms with E-state index in [1.165, 1.54) is 12.1 Å². The fourth-order valence-electron chi connectivity index (χ4n) is 1.52. The minimum atomic E-state index is -0.565. The van der Waals surface area contributed by atoms with Gasteiger partial charge in [-0.2, -0.15) is 0 Å². The normalized spacial score (nSPS) is 12.4. The lowest BCUT2D eigenvalue weighted by Gasteiger charge is -2.15. The highest BCUT2D eigenvalue weighted by Crippen LogP contribution is 2.13. The summed E-state index contributed by atoms with van der Waals surface area (Å²) in [7, 11) is 0. The third kappa shape index (κ3) is 3.72. The van der Waals surface area contributed by atoms with Crippen LogP contribution < -0.4 is 11.3 Å². The molecule has 1 rings (SSSR count). The van der Waals surface area contributed by atoms with Gasteiger partial charge in [0, 0.05) is 12.1 Å². The van der Waals surface area contributed by atoms with Crippen LogP contribution in [0.15, 0.2) is 30.9 Å². The Balaban J connectivity index is 2.66. The largest absolute Gasteiger partial charge is 0.271 e. The molecular formula is C12H16F2N2. The van der Waals surface area contributed by atoms with Gasteiger partial charge in [-0.1, -0.05) is 12.1 Å². The maximum atomic E-state index is 13.3. The van der Waals surface area contributed by atoms with E-state index in [-0.39, 0.29) is 6.04 Å². The van der Waals surface area contributed by atoms with E-state index < -0.39 is 11.6 Å². The Morgan fingerprint density at radius 3 is 2.75 bits per heavy atom. The van der Waals surface area contributed by atoms with Crippen LogP contribution in [0.2, 0.25) is 0 Å². The summed E-state index contributed by atoms with van der Waals surface area (Å²) < 4.78 is 26.0. The number of allylic oxidation sites excluding steroid dienone is 1. The van der Waals surface area contributed by atoms with Crippen LogP contribution in [0.4, 0.5) is 8.78 Å². The van der Waals surface area contributed by atoms with E-state index in [2.05, 4.69) is 12.0 Å². The lowest BCUT2D eigenvalue weighted by Crippen LogP contribution is -2.36. The highest BCUT2D eigenvalue weighted by Gasteiger charge is 2.10. The van der Waals surface area contributed by atoms with Gasteiger partial charge in [0.2, 0.25) is 0 Å². The van der Waals surface area contributed by atoms with Crippen LogP contribution in [-0.4, -0.2) is 6.04 Å². The molecule has 0 saturated carbocycles. The highest BCUT2D eigenvalue weighted by molar-refractivity contribution is 5.19. The maximum Gasteiger partial charge on any atom is 0.129 e. The van der Waals surface area contributed by atoms with Gasteiger partial charge in [-0.05, 0) is 30.9 Å². The van der Waals surface area contributed by atoms with Crippen LogP contribution >= 0.6 is 0 Å². The van der Waals surface area contributed by atoms with Gasteiger partial charge in [0.15, 0.2) is 0 Å². The van der Waals surface area contributed by atoms with Crippen molar-refractivity contribution in [2.24, 2.45) is 5.84 Å². The van der Waals surface area contributed by atoms with Gasteiger partial charge in [0.25, 0.3) is 0 Å². The molecule has 16 heavy (non-hydrogen) atoms. The standard InChI is InChI=1S/C12H16F2N2/c1-2-3-4-11(16-15)7-9-5-6-10(13)8-12(9)14/h2,5-6,8,11,16H,1,3-4,7,15H2. The minimum absolute atomic E-state index is 0.0297. The van der Waals surface area contributed by atoms with Gasteiger partial charge in [0.1, 0.15) is 11.6 Å². The highest BCUT2D eigenvalue weighted by atomic mass is 19.1. The monoisotopic (exact) mass is 226 g/mol. The molecule has 0 aliphatic rings. The molecule has 0 spiro atoms. The predicted molar refractivity (Wildman–Crippen MR) is 60.6 cm³/mol. The smallest absolute Gasteiger partial charge is 0.129 e. The lowest BCUT2D eigenvalue weighted by molar-refractivity contribution is 0.481. The molecule has 0 aliphatic heterocycles. The third-order valence-electron chi connectivity index (χ3n) is 2.44. The van der Waals surface area contributed by atoms with Crippen molar-refractivity contribution in [1.82, 2.24) is 5.43 Å². The Hall–Kier alpha value is -1.26. The topological polar surface area (TPSA) is 38.0 Å². The van der Waals surface area contributed by atoms with Crippen molar-refractivity contribution in [3.05, 3.63) is 48.1 Å². The molecule has 0 heterocycles. The molecule has 88 valence electrons. The van der Waals surface area contributed by atoms with Crippen molar-refractivity contribution < 1.29 is 8.78 Å². The number of nitrogens with one attached hydrogen (secondary N) is 1. The number of benzene rings is 1. The van der Waals surface area contributed by atoms with Crippen molar-refractivity contribution in [1.29, 1.82) is 0 Å². The van der Waals surface area contributed by atoms with Gasteiger partial charge in [-0.15, -0.1) is 6.58 Å². The molecule has 4 heteroatoms. The second-order valence-corrected chi connectivity index (χ2v) is 3.67. The molecule has 0 saturated heterocycles. The molecule has 1 aromatic carbocycles. The summed E-state index contributed by atoms with van der Waals surface area (Å²) in [6, 6.07) is 3.55. The molecule has 0 aromatic heterocycles. The van der Waals surface area contributed by atoms with Crippen LogP contribution in [0.1, 0.15) is 18.4 Å². The van der Waals surface area contributed by atoms with Crippen molar-refractivity contribution in [2.45, 2.75) is 25.3 Å². The maximum absolute atomic E-state index is 13.3. The molecule has 1 aromatic rings. The number of hydrogen-bond donors (Lipinski definition) is 2. The van der Waals surface area contributed by atoms with E-state index >= 15 is 0 Å². The average Bonchev–Trinajstić information content (AvgIpc) is 2.27. The molecule has 0 amide bonds. The van der Waals surface area contributed by atoms with E-state index in [1.807, 2.05) is 0 Å². The summed E-state index contributed by atoms with van der Waals surface area (Å²) in [5, 5.41) is 0. The van der Waals surface area contributed by atoms with Crippen molar-refractivity contribution in [2.75, 3.05) is 0 Å². The summed E-state index contributed by atoms with van der Waals surface area (Å²) in [6.45, 7) is 3.61. The number of hydrazine groups is 1. The van der Waals surface area contributed by atoms with Gasteiger partial charge >= 0.3 is 0 Å². The summed E-state index contributed by atoms with van der Waals surface area (Å²) in [5.41, 5.74) is 3.09. The van der Waals surface area contributed by atoms with Crippen molar-refractivity contribution in [3.63, 3.8) is 0 Å². The van der Waals surface area contributed by atoms with Gasteiger partial charge in [0.05, 0.1) is 0 Å². The zero-order valence-electron chi connectivity index (χ0n) is 9.05. The van der Waals surface area contributed by atoms with Crippen LogP contribution in [0.3, 0.4) is 0 Å². The molecule has 0 aliphatic carbocycles. The second-order valence-electron chi connectivity index (χ2n) is 3.67. The average molecular weight is 226 g/mol. The van der Waals surface area contributed by atoms with Crippen molar-refractivity contribution in [3.8, 4) is 0 Å². The van der Waals surface area contributed by atoms with Gasteiger partial charge in [-0.25, -0.2) is 8.78 Å². The van der Waals surface area contributed by atoms with E-state index in [0.29, 0.717) is 12.0 Å². The summed E-state index contributed by atoms with van der Waals surface area (Å²) in [4.78, 5) is 0. The number of nitrogens with two attached hydrogens (primary N) is 1. The molecule has 0 fully saturated rings. The first-order valence-electron chi connectivity index (χ1n) is 5.18. The van der Waals surface area contributed by atoms with E-state index in [9.17, 15) is 8.78 Å². The van der Waals surface area contributed by atoms with Crippen molar-refractivity contribution >= 4 is 0 Å². The Morgan fingerprint density at radius 2 is 2.19 bits per heavy atom. The number of rotatable bonds is 6. The van der Waals surface area contributed by atoms with E-state index in [1.54, 1.807) is 6.08 Å². The van der Waals surface area contributed by atoms with Gasteiger partial charge < -0.3 is 0 Å². The summed E-state index contributed by atoms with van der Waals surface area (Å²) in [5.74, 6) is 4.27. The Labute approximate surface area is 94.1 Å². The first kappa shape index (κ1) is 12.8. The quantitative estimate of drug-likeness (QED) is 0.444. The minimum Gasteiger partial charge on any atom is -0.271 e. The first-order valence-corrected chi connectivity index (χ1v) is 5.18. The Bertz CT molecular complexity index is 353.